The zero-order chi connectivity index (χ0) is 18.7. The Morgan fingerprint density at radius 3 is 2.62 bits per heavy atom. The van der Waals surface area contributed by atoms with Crippen molar-refractivity contribution in [2.45, 2.75) is 10.9 Å². The highest BCUT2D eigenvalue weighted by atomic mass is 35.5. The van der Waals surface area contributed by atoms with E-state index in [0.29, 0.717) is 30.2 Å². The van der Waals surface area contributed by atoms with Crippen molar-refractivity contribution in [3.05, 3.63) is 64.7 Å². The Labute approximate surface area is 158 Å². The Hall–Kier alpha value is -1.93. The molecule has 1 amide bonds. The zero-order valence-electron chi connectivity index (χ0n) is 14.3. The summed E-state index contributed by atoms with van der Waals surface area (Å²) in [5, 5.41) is 3.93. The Morgan fingerprint density at radius 2 is 1.96 bits per heavy atom. The summed E-state index contributed by atoms with van der Waals surface area (Å²) < 4.78 is 25.9. The van der Waals surface area contributed by atoms with Crippen molar-refractivity contribution in [3.8, 4) is 0 Å². The molecular weight excluding hydrogens is 374 g/mol. The largest absolute Gasteiger partial charge is 0.329 e. The molecule has 2 aromatic rings. The molecule has 26 heavy (non-hydrogen) atoms. The van der Waals surface area contributed by atoms with Gasteiger partial charge in [0.25, 0.3) is 5.91 Å². The number of amides is 1. The van der Waals surface area contributed by atoms with E-state index in [1.54, 1.807) is 23.1 Å². The molecule has 1 saturated heterocycles. The van der Waals surface area contributed by atoms with Crippen molar-refractivity contribution < 1.29 is 13.2 Å². The highest BCUT2D eigenvalue weighted by Gasteiger charge is 2.29. The van der Waals surface area contributed by atoms with Crippen LogP contribution in [0.1, 0.15) is 22.0 Å². The van der Waals surface area contributed by atoms with Gasteiger partial charge in [-0.3, -0.25) is 4.79 Å². The van der Waals surface area contributed by atoms with Crippen molar-refractivity contribution in [2.24, 2.45) is 0 Å². The lowest BCUT2D eigenvalue weighted by Gasteiger charge is -2.36. The van der Waals surface area contributed by atoms with Crippen molar-refractivity contribution in [1.29, 1.82) is 0 Å². The second-order valence-electron chi connectivity index (χ2n) is 6.01. The molecule has 0 saturated carbocycles. The van der Waals surface area contributed by atoms with Gasteiger partial charge in [0.1, 0.15) is 0 Å². The number of nitrogens with zero attached hydrogens (tertiary/aromatic N) is 1. The molecule has 1 fully saturated rings. The van der Waals surface area contributed by atoms with Crippen LogP contribution in [0.2, 0.25) is 5.02 Å². The van der Waals surface area contributed by atoms with Crippen molar-refractivity contribution in [1.82, 2.24) is 14.9 Å². The van der Waals surface area contributed by atoms with Gasteiger partial charge in [-0.1, -0.05) is 23.7 Å². The average Bonchev–Trinajstić information content (AvgIpc) is 2.67. The van der Waals surface area contributed by atoms with Crippen LogP contribution in [0.4, 0.5) is 0 Å². The second-order valence-corrected chi connectivity index (χ2v) is 8.33. The summed E-state index contributed by atoms with van der Waals surface area (Å²) >= 11 is 6.10. The normalized spacial score (nSPS) is 17.9. The maximum absolute atomic E-state index is 13.0. The topological polar surface area (TPSA) is 78.5 Å². The van der Waals surface area contributed by atoms with Gasteiger partial charge in [-0.05, 0) is 49.0 Å². The molecule has 1 aliphatic rings. The summed E-state index contributed by atoms with van der Waals surface area (Å²) in [6.07, 6.45) is 0. The quantitative estimate of drug-likeness (QED) is 0.833. The summed E-state index contributed by atoms with van der Waals surface area (Å²) in [6, 6.07) is 13.3. The van der Waals surface area contributed by atoms with Crippen LogP contribution in [0.25, 0.3) is 0 Å². The molecule has 0 aliphatic carbocycles. The Morgan fingerprint density at radius 1 is 1.23 bits per heavy atom. The molecule has 2 aromatic carbocycles. The first kappa shape index (κ1) is 18.8. The van der Waals surface area contributed by atoms with E-state index in [4.69, 9.17) is 11.6 Å². The van der Waals surface area contributed by atoms with Gasteiger partial charge in [-0.2, -0.15) is 0 Å². The standard InChI is InChI=1S/C18H20ClN3O3S/c1-20-26(24,25)16-7-5-13(6-8-16)18(23)22-10-9-21-12-17(22)14-3-2-4-15(19)11-14/h2-8,11,17,20-21H,9-10,12H2,1H3. The van der Waals surface area contributed by atoms with Crippen LogP contribution in [-0.4, -0.2) is 45.9 Å². The molecule has 1 atom stereocenters. The Kier molecular flexibility index (Phi) is 5.62. The van der Waals surface area contributed by atoms with Crippen LogP contribution in [0.5, 0.6) is 0 Å². The third-order valence-corrected chi connectivity index (χ3v) is 6.08. The lowest BCUT2D eigenvalue weighted by atomic mass is 10.0. The van der Waals surface area contributed by atoms with Crippen LogP contribution >= 0.6 is 11.6 Å². The molecule has 0 aromatic heterocycles. The first-order valence-electron chi connectivity index (χ1n) is 8.23. The molecule has 1 unspecified atom stereocenters. The molecule has 138 valence electrons. The van der Waals surface area contributed by atoms with Crippen molar-refractivity contribution in [2.75, 3.05) is 26.7 Å². The van der Waals surface area contributed by atoms with Gasteiger partial charge in [-0.25, -0.2) is 13.1 Å². The minimum Gasteiger partial charge on any atom is -0.329 e. The average molecular weight is 394 g/mol. The molecule has 6 nitrogen and oxygen atoms in total. The maximum atomic E-state index is 13.0. The van der Waals surface area contributed by atoms with E-state index in [1.165, 1.54) is 19.2 Å². The smallest absolute Gasteiger partial charge is 0.254 e. The molecule has 0 spiro atoms. The number of hydrogen-bond donors (Lipinski definition) is 2. The Balaban J connectivity index is 1.87. The number of sulfonamides is 1. The van der Waals surface area contributed by atoms with Gasteiger partial charge in [0, 0.05) is 30.2 Å². The summed E-state index contributed by atoms with van der Waals surface area (Å²) in [7, 11) is -2.17. The summed E-state index contributed by atoms with van der Waals surface area (Å²) in [5.41, 5.74) is 1.42. The number of rotatable bonds is 4. The fourth-order valence-electron chi connectivity index (χ4n) is 3.02. The van der Waals surface area contributed by atoms with Gasteiger partial charge < -0.3 is 10.2 Å². The van der Waals surface area contributed by atoms with E-state index in [-0.39, 0.29) is 16.8 Å². The first-order valence-corrected chi connectivity index (χ1v) is 10.1. The molecule has 1 heterocycles. The summed E-state index contributed by atoms with van der Waals surface area (Å²) in [6.45, 7) is 1.90. The number of carbonyl (C=O) groups excluding carboxylic acids is 1. The molecule has 2 N–H and O–H groups in total. The molecular formula is C18H20ClN3O3S. The Bertz CT molecular complexity index is 900. The van der Waals surface area contributed by atoms with E-state index in [1.807, 2.05) is 18.2 Å². The van der Waals surface area contributed by atoms with Gasteiger partial charge in [0.05, 0.1) is 10.9 Å². The monoisotopic (exact) mass is 393 g/mol. The van der Waals surface area contributed by atoms with E-state index >= 15 is 0 Å². The minimum absolute atomic E-state index is 0.128. The maximum Gasteiger partial charge on any atom is 0.254 e. The van der Waals surface area contributed by atoms with E-state index in [9.17, 15) is 13.2 Å². The highest BCUT2D eigenvalue weighted by Crippen LogP contribution is 2.26. The van der Waals surface area contributed by atoms with Crippen molar-refractivity contribution >= 4 is 27.5 Å². The lowest BCUT2D eigenvalue weighted by molar-refractivity contribution is 0.0634. The highest BCUT2D eigenvalue weighted by molar-refractivity contribution is 7.89. The van der Waals surface area contributed by atoms with E-state index in [2.05, 4.69) is 10.0 Å². The lowest BCUT2D eigenvalue weighted by Crippen LogP contribution is -2.48. The second kappa shape index (κ2) is 7.75. The number of nitrogens with one attached hydrogen (secondary N) is 2. The number of halogens is 1. The van der Waals surface area contributed by atoms with Gasteiger partial charge in [-0.15, -0.1) is 0 Å². The molecule has 3 rings (SSSR count). The van der Waals surface area contributed by atoms with Gasteiger partial charge in [0.15, 0.2) is 0 Å². The molecule has 1 aliphatic heterocycles. The van der Waals surface area contributed by atoms with Gasteiger partial charge in [0.2, 0.25) is 10.0 Å². The molecule has 0 bridgehead atoms. The predicted octanol–water partition coefficient (Wildman–Crippen LogP) is 2.03. The predicted molar refractivity (Wildman–Crippen MR) is 101 cm³/mol. The van der Waals surface area contributed by atoms with Crippen LogP contribution in [0.15, 0.2) is 53.4 Å². The van der Waals surface area contributed by atoms with Crippen LogP contribution in [-0.2, 0) is 10.0 Å². The van der Waals surface area contributed by atoms with Crippen LogP contribution in [0.3, 0.4) is 0 Å². The van der Waals surface area contributed by atoms with E-state index in [0.717, 1.165) is 5.56 Å². The minimum atomic E-state index is -3.52. The summed E-state index contributed by atoms with van der Waals surface area (Å²) in [4.78, 5) is 14.9. The number of hydrogen-bond acceptors (Lipinski definition) is 4. The third kappa shape index (κ3) is 3.91. The fraction of sp³-hybridized carbons (Fsp3) is 0.278. The number of carbonyl (C=O) groups is 1. The van der Waals surface area contributed by atoms with Crippen LogP contribution in [0, 0.1) is 0 Å². The van der Waals surface area contributed by atoms with E-state index < -0.39 is 10.0 Å². The molecule has 8 heteroatoms. The fourth-order valence-corrected chi connectivity index (χ4v) is 3.95. The van der Waals surface area contributed by atoms with Crippen LogP contribution < -0.4 is 10.0 Å². The van der Waals surface area contributed by atoms with Crippen molar-refractivity contribution in [3.63, 3.8) is 0 Å². The third-order valence-electron chi connectivity index (χ3n) is 4.42. The zero-order valence-corrected chi connectivity index (χ0v) is 15.8. The SMILES string of the molecule is CNS(=O)(=O)c1ccc(C(=O)N2CCNCC2c2cccc(Cl)c2)cc1. The first-order chi connectivity index (χ1) is 12.4. The summed E-state index contributed by atoms with van der Waals surface area (Å²) in [5.74, 6) is -0.134. The molecule has 0 radical (unpaired) electrons. The number of piperazine rings is 1. The van der Waals surface area contributed by atoms with Gasteiger partial charge >= 0.3 is 0 Å². The number of benzene rings is 2.